The van der Waals surface area contributed by atoms with E-state index in [4.69, 9.17) is 10.5 Å². The fourth-order valence-corrected chi connectivity index (χ4v) is 3.39. The van der Waals surface area contributed by atoms with Crippen LogP contribution in [0, 0.1) is 11.8 Å². The number of aliphatic carboxylic acids is 1. The lowest BCUT2D eigenvalue weighted by Gasteiger charge is -2.23. The summed E-state index contributed by atoms with van der Waals surface area (Å²) < 4.78 is 5.79. The van der Waals surface area contributed by atoms with E-state index in [0.717, 1.165) is 11.1 Å². The van der Waals surface area contributed by atoms with E-state index in [1.54, 1.807) is 12.3 Å². The fraction of sp³-hybridized carbons (Fsp3) is 0.381. The van der Waals surface area contributed by atoms with Crippen LogP contribution in [0.3, 0.4) is 0 Å². The lowest BCUT2D eigenvalue weighted by atomic mass is 9.81. The number of tetrazole rings is 1. The number of carbonyl (C=O) groups is 1. The summed E-state index contributed by atoms with van der Waals surface area (Å²) in [7, 11) is 0. The molecule has 0 aliphatic rings. The van der Waals surface area contributed by atoms with E-state index in [2.05, 4.69) is 25.6 Å². The van der Waals surface area contributed by atoms with Gasteiger partial charge < -0.3 is 15.6 Å². The molecule has 3 aromatic rings. The number of carboxylic acid groups (broad SMARTS) is 1. The van der Waals surface area contributed by atoms with Gasteiger partial charge in [-0.2, -0.15) is 5.21 Å². The topological polar surface area (TPSA) is 140 Å². The second-order valence-electron chi connectivity index (χ2n) is 7.61. The van der Waals surface area contributed by atoms with E-state index in [1.807, 2.05) is 44.2 Å². The molecule has 2 heterocycles. The van der Waals surface area contributed by atoms with Gasteiger partial charge in [0.1, 0.15) is 5.75 Å². The summed E-state index contributed by atoms with van der Waals surface area (Å²) in [5, 5.41) is 23.9. The maximum Gasteiger partial charge on any atom is 0.307 e. The molecule has 158 valence electrons. The van der Waals surface area contributed by atoms with Crippen LogP contribution in [0.5, 0.6) is 11.6 Å². The standard InChI is InChI=1S/C21H26N6O3/c1-13(2)8-18(21(28)29)17(20-24-26-27-25-20)10-15-6-7-19(23-12-15)30-16-5-3-4-14(9-16)11-22/h3-7,9,12-13,17-18H,8,10-11,22H2,1-2H3,(H,28,29)(H,24,25,26,27)/t17-,18-/m0/s1. The second-order valence-corrected chi connectivity index (χ2v) is 7.61. The lowest BCUT2D eigenvalue weighted by molar-refractivity contribution is -0.143. The van der Waals surface area contributed by atoms with Crippen molar-refractivity contribution in [3.8, 4) is 11.6 Å². The van der Waals surface area contributed by atoms with Crippen molar-refractivity contribution in [3.05, 3.63) is 59.5 Å². The molecule has 2 atom stereocenters. The van der Waals surface area contributed by atoms with Crippen LogP contribution in [0.2, 0.25) is 0 Å². The average Bonchev–Trinajstić information content (AvgIpc) is 3.26. The van der Waals surface area contributed by atoms with Crippen LogP contribution in [0.4, 0.5) is 0 Å². The Morgan fingerprint density at radius 1 is 1.23 bits per heavy atom. The van der Waals surface area contributed by atoms with Crippen LogP contribution in [-0.2, 0) is 17.8 Å². The van der Waals surface area contributed by atoms with Crippen molar-refractivity contribution in [2.24, 2.45) is 17.6 Å². The van der Waals surface area contributed by atoms with Gasteiger partial charge in [-0.3, -0.25) is 4.79 Å². The molecule has 0 spiro atoms. The van der Waals surface area contributed by atoms with Gasteiger partial charge in [0.25, 0.3) is 0 Å². The van der Waals surface area contributed by atoms with Gasteiger partial charge in [0.05, 0.1) is 5.92 Å². The van der Waals surface area contributed by atoms with Gasteiger partial charge in [-0.1, -0.05) is 37.3 Å². The number of nitrogens with two attached hydrogens (primary N) is 1. The number of hydrogen-bond donors (Lipinski definition) is 3. The van der Waals surface area contributed by atoms with E-state index in [1.165, 1.54) is 0 Å². The number of nitrogens with one attached hydrogen (secondary N) is 1. The van der Waals surface area contributed by atoms with Crippen molar-refractivity contribution >= 4 is 5.97 Å². The Balaban J connectivity index is 1.77. The third kappa shape index (κ3) is 5.60. The summed E-state index contributed by atoms with van der Waals surface area (Å²) in [6, 6.07) is 11.1. The van der Waals surface area contributed by atoms with Crippen molar-refractivity contribution in [1.82, 2.24) is 25.6 Å². The van der Waals surface area contributed by atoms with E-state index in [-0.39, 0.29) is 5.92 Å². The van der Waals surface area contributed by atoms with E-state index in [0.29, 0.717) is 36.8 Å². The molecule has 0 saturated carbocycles. The minimum atomic E-state index is -0.869. The van der Waals surface area contributed by atoms with Crippen molar-refractivity contribution < 1.29 is 14.6 Å². The largest absolute Gasteiger partial charge is 0.481 e. The Morgan fingerprint density at radius 2 is 2.07 bits per heavy atom. The zero-order valence-corrected chi connectivity index (χ0v) is 17.0. The molecule has 4 N–H and O–H groups in total. The summed E-state index contributed by atoms with van der Waals surface area (Å²) in [5.74, 6) is -0.199. The Labute approximate surface area is 174 Å². The molecule has 0 fully saturated rings. The summed E-state index contributed by atoms with van der Waals surface area (Å²) >= 11 is 0. The molecule has 30 heavy (non-hydrogen) atoms. The highest BCUT2D eigenvalue weighted by Gasteiger charge is 2.33. The number of aromatic nitrogens is 5. The molecule has 2 aromatic heterocycles. The highest BCUT2D eigenvalue weighted by Crippen LogP contribution is 2.31. The molecule has 9 nitrogen and oxygen atoms in total. The highest BCUT2D eigenvalue weighted by molar-refractivity contribution is 5.71. The van der Waals surface area contributed by atoms with Gasteiger partial charge in [0.15, 0.2) is 5.82 Å². The highest BCUT2D eigenvalue weighted by atomic mass is 16.5. The number of nitrogens with zero attached hydrogens (tertiary/aromatic N) is 4. The smallest absolute Gasteiger partial charge is 0.307 e. The monoisotopic (exact) mass is 410 g/mol. The van der Waals surface area contributed by atoms with Crippen LogP contribution in [-0.4, -0.2) is 36.7 Å². The molecule has 0 saturated heterocycles. The van der Waals surface area contributed by atoms with Crippen LogP contribution < -0.4 is 10.5 Å². The van der Waals surface area contributed by atoms with Gasteiger partial charge in [-0.25, -0.2) is 4.98 Å². The third-order valence-corrected chi connectivity index (χ3v) is 4.83. The minimum absolute atomic E-state index is 0.221. The molecule has 0 bridgehead atoms. The predicted octanol–water partition coefficient (Wildman–Crippen LogP) is 2.92. The van der Waals surface area contributed by atoms with E-state index in [9.17, 15) is 9.90 Å². The molecular formula is C21H26N6O3. The summed E-state index contributed by atoms with van der Waals surface area (Å²) in [6.07, 6.45) is 2.63. The van der Waals surface area contributed by atoms with Gasteiger partial charge >= 0.3 is 5.97 Å². The minimum Gasteiger partial charge on any atom is -0.481 e. The quantitative estimate of drug-likeness (QED) is 0.463. The first-order valence-electron chi connectivity index (χ1n) is 9.84. The van der Waals surface area contributed by atoms with Crippen molar-refractivity contribution in [1.29, 1.82) is 0 Å². The van der Waals surface area contributed by atoms with Crippen molar-refractivity contribution in [3.63, 3.8) is 0 Å². The Morgan fingerprint density at radius 3 is 2.67 bits per heavy atom. The number of rotatable bonds is 10. The number of H-pyrrole nitrogens is 1. The number of pyridine rings is 1. The van der Waals surface area contributed by atoms with Crippen LogP contribution in [0.25, 0.3) is 0 Å². The van der Waals surface area contributed by atoms with Crippen LogP contribution in [0.1, 0.15) is 43.1 Å². The molecule has 1 aromatic carbocycles. The molecule has 9 heteroatoms. The number of ether oxygens (including phenoxy) is 1. The average molecular weight is 410 g/mol. The summed E-state index contributed by atoms with van der Waals surface area (Å²) in [5.41, 5.74) is 7.50. The van der Waals surface area contributed by atoms with Crippen molar-refractivity contribution in [2.75, 3.05) is 0 Å². The molecule has 0 aliphatic heterocycles. The third-order valence-electron chi connectivity index (χ3n) is 4.83. The van der Waals surface area contributed by atoms with Gasteiger partial charge in [0.2, 0.25) is 5.88 Å². The fourth-order valence-electron chi connectivity index (χ4n) is 3.39. The molecule has 0 aliphatic carbocycles. The van der Waals surface area contributed by atoms with Crippen molar-refractivity contribution in [2.45, 2.75) is 39.2 Å². The summed E-state index contributed by atoms with van der Waals surface area (Å²) in [4.78, 5) is 16.3. The second kappa shape index (κ2) is 9.93. The molecule has 0 amide bonds. The van der Waals surface area contributed by atoms with Gasteiger partial charge in [0, 0.05) is 24.7 Å². The van der Waals surface area contributed by atoms with Crippen LogP contribution in [0.15, 0.2) is 42.6 Å². The lowest BCUT2D eigenvalue weighted by Crippen LogP contribution is -2.26. The van der Waals surface area contributed by atoms with E-state index >= 15 is 0 Å². The zero-order chi connectivity index (χ0) is 21.5. The molecule has 0 unspecified atom stereocenters. The van der Waals surface area contributed by atoms with Gasteiger partial charge in [-0.05, 0) is 42.0 Å². The first kappa shape index (κ1) is 21.4. The van der Waals surface area contributed by atoms with E-state index < -0.39 is 17.8 Å². The van der Waals surface area contributed by atoms with Crippen LogP contribution >= 0.6 is 0 Å². The van der Waals surface area contributed by atoms with Gasteiger partial charge in [-0.15, -0.1) is 10.2 Å². The first-order valence-corrected chi connectivity index (χ1v) is 9.84. The Hall–Kier alpha value is -3.33. The number of carboxylic acids is 1. The SMILES string of the molecule is CC(C)C[C@H](C(=O)O)[C@H](Cc1ccc(Oc2cccc(CN)c2)nc1)c1nn[nH]n1. The maximum atomic E-state index is 11.9. The molecular weight excluding hydrogens is 384 g/mol. The predicted molar refractivity (Wildman–Crippen MR) is 110 cm³/mol. The molecule has 0 radical (unpaired) electrons. The summed E-state index contributed by atoms with van der Waals surface area (Å²) in [6.45, 7) is 4.43. The zero-order valence-electron chi connectivity index (χ0n) is 17.0. The Kier molecular flexibility index (Phi) is 7.08. The normalized spacial score (nSPS) is 13.2. The number of benzene rings is 1. The molecule has 3 rings (SSSR count). The first-order chi connectivity index (χ1) is 14.5. The maximum absolute atomic E-state index is 11.9. The Bertz CT molecular complexity index is 944. The number of aromatic amines is 1. The number of hydrogen-bond acceptors (Lipinski definition) is 7.